The third-order valence-corrected chi connectivity index (χ3v) is 3.77. The van der Waals surface area contributed by atoms with Crippen LogP contribution in [0, 0.1) is 6.92 Å². The van der Waals surface area contributed by atoms with Gasteiger partial charge in [-0.15, -0.1) is 0 Å². The largest absolute Gasteiger partial charge is 0.452 e. The summed E-state index contributed by atoms with van der Waals surface area (Å²) in [6, 6.07) is 13.0. The molecule has 7 nitrogen and oxygen atoms in total. The van der Waals surface area contributed by atoms with E-state index in [4.69, 9.17) is 4.74 Å². The van der Waals surface area contributed by atoms with Crippen LogP contribution in [0.25, 0.3) is 11.4 Å². The first kappa shape index (κ1) is 17.3. The summed E-state index contributed by atoms with van der Waals surface area (Å²) in [5.41, 5.74) is 3.35. The van der Waals surface area contributed by atoms with Crippen LogP contribution in [0.1, 0.15) is 5.69 Å². The van der Waals surface area contributed by atoms with Gasteiger partial charge in [0.15, 0.2) is 5.82 Å². The molecule has 3 aromatic rings. The van der Waals surface area contributed by atoms with Crippen molar-refractivity contribution in [3.05, 3.63) is 60.6 Å². The third-order valence-electron chi connectivity index (χ3n) is 3.77. The molecule has 1 aromatic carbocycles. The van der Waals surface area contributed by atoms with Crippen molar-refractivity contribution >= 4 is 23.3 Å². The van der Waals surface area contributed by atoms with Gasteiger partial charge in [-0.3, -0.25) is 9.88 Å². The molecule has 0 bridgehead atoms. The predicted octanol–water partition coefficient (Wildman–Crippen LogP) is 3.79. The van der Waals surface area contributed by atoms with Crippen LogP contribution in [-0.2, 0) is 4.74 Å². The molecule has 1 amide bonds. The Bertz CT molecular complexity index is 898. The minimum absolute atomic E-state index is 0.417. The maximum atomic E-state index is 11.6. The summed E-state index contributed by atoms with van der Waals surface area (Å²) in [5.74, 6) is 1.33. The lowest BCUT2D eigenvalue weighted by Crippen LogP contribution is -2.25. The van der Waals surface area contributed by atoms with E-state index >= 15 is 0 Å². The number of methoxy groups -OCH3 is 1. The van der Waals surface area contributed by atoms with Crippen molar-refractivity contribution in [2.45, 2.75) is 6.92 Å². The highest BCUT2D eigenvalue weighted by Crippen LogP contribution is 2.22. The smallest absolute Gasteiger partial charge is 0.413 e. The van der Waals surface area contributed by atoms with Crippen molar-refractivity contribution in [2.24, 2.45) is 0 Å². The molecule has 0 spiro atoms. The number of carbonyl (C=O) groups excluding carboxylic acids is 1. The van der Waals surface area contributed by atoms with Crippen LogP contribution < -0.4 is 10.2 Å². The van der Waals surface area contributed by atoms with Crippen molar-refractivity contribution < 1.29 is 9.53 Å². The topological polar surface area (TPSA) is 80.2 Å². The Morgan fingerprint density at radius 1 is 1.08 bits per heavy atom. The fourth-order valence-corrected chi connectivity index (χ4v) is 2.42. The number of hydrogen-bond acceptors (Lipinski definition) is 6. The summed E-state index contributed by atoms with van der Waals surface area (Å²) in [5, 5.41) is 3.26. The van der Waals surface area contributed by atoms with Gasteiger partial charge in [0.05, 0.1) is 7.11 Å². The lowest BCUT2D eigenvalue weighted by molar-refractivity contribution is 0.180. The molecule has 132 valence electrons. The molecular formula is C19H19N5O2. The number of aryl methyl sites for hydroxylation is 1. The number of ether oxygens (including phenoxy) is 1. The molecule has 0 atom stereocenters. The zero-order chi connectivity index (χ0) is 18.5. The van der Waals surface area contributed by atoms with Crippen molar-refractivity contribution in [2.75, 3.05) is 24.4 Å². The number of pyridine rings is 1. The molecule has 0 aliphatic carbocycles. The van der Waals surface area contributed by atoms with Crippen LogP contribution in [0.4, 0.5) is 22.0 Å². The summed E-state index contributed by atoms with van der Waals surface area (Å²) >= 11 is 0. The van der Waals surface area contributed by atoms with E-state index in [1.165, 1.54) is 12.0 Å². The Morgan fingerprint density at radius 2 is 1.77 bits per heavy atom. The lowest BCUT2D eigenvalue weighted by atomic mass is 10.2. The van der Waals surface area contributed by atoms with E-state index in [0.29, 0.717) is 11.6 Å². The molecule has 0 aliphatic heterocycles. The number of amides is 1. The normalized spacial score (nSPS) is 10.3. The quantitative estimate of drug-likeness (QED) is 0.772. The van der Waals surface area contributed by atoms with Gasteiger partial charge in [0, 0.05) is 48.1 Å². The van der Waals surface area contributed by atoms with Crippen molar-refractivity contribution in [1.82, 2.24) is 15.0 Å². The molecule has 0 radical (unpaired) electrons. The van der Waals surface area contributed by atoms with E-state index in [1.54, 1.807) is 19.4 Å². The minimum Gasteiger partial charge on any atom is -0.452 e. The Balaban J connectivity index is 1.81. The Kier molecular flexibility index (Phi) is 5.07. The summed E-state index contributed by atoms with van der Waals surface area (Å²) in [6.45, 7) is 1.92. The highest BCUT2D eigenvalue weighted by molar-refractivity contribution is 5.87. The molecular weight excluding hydrogens is 330 g/mol. The molecule has 26 heavy (non-hydrogen) atoms. The third kappa shape index (κ3) is 3.94. The Hall–Kier alpha value is -3.48. The van der Waals surface area contributed by atoms with Gasteiger partial charge in [0.1, 0.15) is 5.82 Å². The average molecular weight is 349 g/mol. The summed E-state index contributed by atoms with van der Waals surface area (Å²) < 4.78 is 4.71. The number of nitrogens with one attached hydrogen (secondary N) is 1. The Labute approximate surface area is 151 Å². The van der Waals surface area contributed by atoms with Crippen LogP contribution >= 0.6 is 0 Å². The van der Waals surface area contributed by atoms with Gasteiger partial charge in [-0.2, -0.15) is 0 Å². The van der Waals surface area contributed by atoms with Crippen LogP contribution in [0.5, 0.6) is 0 Å². The summed E-state index contributed by atoms with van der Waals surface area (Å²) in [4.78, 5) is 26.1. The zero-order valence-corrected chi connectivity index (χ0v) is 14.8. The van der Waals surface area contributed by atoms with Gasteiger partial charge in [0.2, 0.25) is 0 Å². The van der Waals surface area contributed by atoms with Crippen molar-refractivity contribution in [3.8, 4) is 11.4 Å². The second-order valence-corrected chi connectivity index (χ2v) is 5.65. The average Bonchev–Trinajstić information content (AvgIpc) is 2.67. The molecule has 3 rings (SSSR count). The monoisotopic (exact) mass is 349 g/mol. The van der Waals surface area contributed by atoms with E-state index in [0.717, 1.165) is 22.6 Å². The highest BCUT2D eigenvalue weighted by atomic mass is 16.5. The number of carbonyl (C=O) groups is 1. The number of rotatable bonds is 4. The number of anilines is 3. The molecule has 0 saturated heterocycles. The standard InChI is InChI=1S/C19H19N5O2/c1-13-12-17(23-18(21-13)14-8-10-20-11-9-14)22-15-4-6-16(7-5-15)24(2)19(25)26-3/h4-12H,1-3H3,(H,21,22,23). The highest BCUT2D eigenvalue weighted by Gasteiger charge is 2.10. The molecule has 2 aromatic heterocycles. The second-order valence-electron chi connectivity index (χ2n) is 5.65. The number of nitrogens with zero attached hydrogens (tertiary/aromatic N) is 4. The fourth-order valence-electron chi connectivity index (χ4n) is 2.42. The fraction of sp³-hybridized carbons (Fsp3) is 0.158. The van der Waals surface area contributed by atoms with Crippen LogP contribution in [-0.4, -0.2) is 35.2 Å². The first-order valence-electron chi connectivity index (χ1n) is 8.01. The summed E-state index contributed by atoms with van der Waals surface area (Å²) in [7, 11) is 3.01. The maximum absolute atomic E-state index is 11.6. The molecule has 0 aliphatic rings. The molecule has 1 N–H and O–H groups in total. The minimum atomic E-state index is -0.417. The summed E-state index contributed by atoms with van der Waals surface area (Å²) in [6.07, 6.45) is 3.01. The van der Waals surface area contributed by atoms with Gasteiger partial charge >= 0.3 is 6.09 Å². The van der Waals surface area contributed by atoms with E-state index in [-0.39, 0.29) is 0 Å². The van der Waals surface area contributed by atoms with Gasteiger partial charge in [0.25, 0.3) is 0 Å². The number of aromatic nitrogens is 3. The second kappa shape index (κ2) is 7.60. The predicted molar refractivity (Wildman–Crippen MR) is 101 cm³/mol. The lowest BCUT2D eigenvalue weighted by Gasteiger charge is -2.16. The van der Waals surface area contributed by atoms with E-state index < -0.39 is 6.09 Å². The van der Waals surface area contributed by atoms with Gasteiger partial charge in [-0.25, -0.2) is 14.8 Å². The SMILES string of the molecule is COC(=O)N(C)c1ccc(Nc2cc(C)nc(-c3ccncc3)n2)cc1. The van der Waals surface area contributed by atoms with Crippen molar-refractivity contribution in [1.29, 1.82) is 0 Å². The van der Waals surface area contributed by atoms with Crippen LogP contribution in [0.3, 0.4) is 0 Å². The van der Waals surface area contributed by atoms with E-state index in [9.17, 15) is 4.79 Å². The van der Waals surface area contributed by atoms with Crippen molar-refractivity contribution in [3.63, 3.8) is 0 Å². The molecule has 0 saturated carbocycles. The molecule has 0 fully saturated rings. The molecule has 2 heterocycles. The zero-order valence-electron chi connectivity index (χ0n) is 14.8. The Morgan fingerprint density at radius 3 is 2.42 bits per heavy atom. The van der Waals surface area contributed by atoms with Crippen LogP contribution in [0.2, 0.25) is 0 Å². The first-order valence-corrected chi connectivity index (χ1v) is 8.01. The van der Waals surface area contributed by atoms with Gasteiger partial charge in [-0.1, -0.05) is 0 Å². The number of hydrogen-bond donors (Lipinski definition) is 1. The number of benzene rings is 1. The molecule has 0 unspecified atom stereocenters. The van der Waals surface area contributed by atoms with Gasteiger partial charge < -0.3 is 10.1 Å². The first-order chi connectivity index (χ1) is 12.6. The van der Waals surface area contributed by atoms with Crippen LogP contribution in [0.15, 0.2) is 54.9 Å². The maximum Gasteiger partial charge on any atom is 0.413 e. The molecule has 7 heteroatoms. The van der Waals surface area contributed by atoms with E-state index in [1.807, 2.05) is 49.4 Å². The van der Waals surface area contributed by atoms with Gasteiger partial charge in [-0.05, 0) is 43.3 Å². The van der Waals surface area contributed by atoms with E-state index in [2.05, 4.69) is 20.3 Å².